The van der Waals surface area contributed by atoms with Crippen LogP contribution in [0.2, 0.25) is 0 Å². The van der Waals surface area contributed by atoms with Crippen LogP contribution in [-0.2, 0) is 16.1 Å². The van der Waals surface area contributed by atoms with Crippen molar-refractivity contribution < 1.29 is 14.3 Å². The molecule has 2 aliphatic rings. The number of aryl methyl sites for hydroxylation is 1. The predicted molar refractivity (Wildman–Crippen MR) is 157 cm³/mol. The number of amides is 2. The largest absolute Gasteiger partial charge is 0.497 e. The number of piperidine rings is 1. The van der Waals surface area contributed by atoms with E-state index in [0.29, 0.717) is 38.9 Å². The van der Waals surface area contributed by atoms with E-state index in [2.05, 4.69) is 43.1 Å². The average molecular weight is 544 g/mol. The molecule has 2 fully saturated rings. The Morgan fingerprint density at radius 2 is 1.73 bits per heavy atom. The molecule has 2 amide bonds. The molecule has 8 heteroatoms. The van der Waals surface area contributed by atoms with Gasteiger partial charge in [-0.05, 0) is 75.8 Å². The van der Waals surface area contributed by atoms with Crippen molar-refractivity contribution >= 4 is 17.5 Å². The van der Waals surface area contributed by atoms with Crippen molar-refractivity contribution in [2.75, 3.05) is 25.1 Å². The highest BCUT2D eigenvalue weighted by atomic mass is 16.5. The summed E-state index contributed by atoms with van der Waals surface area (Å²) in [5.74, 6) is 0.935. The number of carbonyl (C=O) groups excluding carboxylic acids is 2. The first-order chi connectivity index (χ1) is 19.1. The Morgan fingerprint density at radius 1 is 1.02 bits per heavy atom. The van der Waals surface area contributed by atoms with Crippen LogP contribution in [0.3, 0.4) is 0 Å². The van der Waals surface area contributed by atoms with Crippen molar-refractivity contribution in [3.8, 4) is 11.4 Å². The third kappa shape index (κ3) is 4.84. The number of hydrogen-bond donors (Lipinski definition) is 1. The van der Waals surface area contributed by atoms with Gasteiger partial charge >= 0.3 is 0 Å². The molecule has 8 nitrogen and oxygen atoms in total. The number of nitrogens with zero attached hydrogens (tertiary/aromatic N) is 4. The molecule has 1 unspecified atom stereocenters. The number of anilines is 1. The molecule has 3 aromatic rings. The second kappa shape index (κ2) is 10.6. The predicted octanol–water partition coefficient (Wildman–Crippen LogP) is 4.80. The first-order valence-electron chi connectivity index (χ1n) is 14.2. The summed E-state index contributed by atoms with van der Waals surface area (Å²) in [6.45, 7) is 11.8. The van der Waals surface area contributed by atoms with E-state index < -0.39 is 11.1 Å². The quantitative estimate of drug-likeness (QED) is 0.463. The van der Waals surface area contributed by atoms with Gasteiger partial charge in [-0.1, -0.05) is 44.2 Å². The Bertz CT molecular complexity index is 1390. The Kier molecular flexibility index (Phi) is 7.38. The van der Waals surface area contributed by atoms with Crippen molar-refractivity contribution in [3.05, 3.63) is 71.5 Å². The lowest BCUT2D eigenvalue weighted by Gasteiger charge is -2.55. The van der Waals surface area contributed by atoms with Gasteiger partial charge in [-0.3, -0.25) is 9.59 Å². The van der Waals surface area contributed by atoms with E-state index in [9.17, 15) is 9.59 Å². The van der Waals surface area contributed by atoms with Gasteiger partial charge in [-0.2, -0.15) is 5.10 Å². The number of carbonyl (C=O) groups is 2. The number of ether oxygens (including phenoxy) is 1. The molecule has 1 aromatic heterocycles. The standard InChI is InChI=1S/C32H41N5O3/c1-22(2)20-31(5)30(39)36(21-25-11-10-14-27(19-25)40-6)32(29(38)33-31)15-17-35(18-16-32)28-23(3)34-37(24(28)4)26-12-8-7-9-13-26/h7-14,19,22H,15-18,20-21H2,1-6H3,(H,33,38). The lowest BCUT2D eigenvalue weighted by atomic mass is 9.76. The Labute approximate surface area is 237 Å². The van der Waals surface area contributed by atoms with Crippen molar-refractivity contribution in [2.24, 2.45) is 5.92 Å². The number of methoxy groups -OCH3 is 1. The van der Waals surface area contributed by atoms with E-state index in [1.807, 2.05) is 65.9 Å². The van der Waals surface area contributed by atoms with E-state index in [1.54, 1.807) is 7.11 Å². The molecule has 0 radical (unpaired) electrons. The average Bonchev–Trinajstić information content (AvgIpc) is 3.24. The van der Waals surface area contributed by atoms with E-state index in [0.717, 1.165) is 34.1 Å². The van der Waals surface area contributed by atoms with Crippen LogP contribution >= 0.6 is 0 Å². The summed E-state index contributed by atoms with van der Waals surface area (Å²) in [6.07, 6.45) is 1.68. The number of rotatable bonds is 7. The molecular formula is C32H41N5O3. The van der Waals surface area contributed by atoms with E-state index in [1.165, 1.54) is 0 Å². The molecule has 1 atom stereocenters. The minimum Gasteiger partial charge on any atom is -0.497 e. The van der Waals surface area contributed by atoms with Crippen molar-refractivity contribution in [2.45, 2.75) is 71.5 Å². The number of aromatic nitrogens is 2. The summed E-state index contributed by atoms with van der Waals surface area (Å²) < 4.78 is 7.43. The van der Waals surface area contributed by atoms with Gasteiger partial charge in [-0.25, -0.2) is 4.68 Å². The second-order valence-corrected chi connectivity index (χ2v) is 11.9. The van der Waals surface area contributed by atoms with Crippen LogP contribution in [0.25, 0.3) is 5.69 Å². The molecular weight excluding hydrogens is 502 g/mol. The van der Waals surface area contributed by atoms with Crippen LogP contribution < -0.4 is 15.0 Å². The van der Waals surface area contributed by atoms with Gasteiger partial charge in [0.1, 0.15) is 16.8 Å². The zero-order chi connectivity index (χ0) is 28.7. The van der Waals surface area contributed by atoms with Gasteiger partial charge in [0.2, 0.25) is 11.8 Å². The van der Waals surface area contributed by atoms with Crippen LogP contribution in [0, 0.1) is 19.8 Å². The fourth-order valence-electron chi connectivity index (χ4n) is 6.68. The molecule has 2 aliphatic heterocycles. The Balaban J connectivity index is 1.46. The zero-order valence-electron chi connectivity index (χ0n) is 24.5. The summed E-state index contributed by atoms with van der Waals surface area (Å²) in [5.41, 5.74) is 3.26. The number of benzene rings is 2. The summed E-state index contributed by atoms with van der Waals surface area (Å²) in [5, 5.41) is 8.03. The number of nitrogens with one attached hydrogen (secondary N) is 1. The highest BCUT2D eigenvalue weighted by Gasteiger charge is 2.57. The van der Waals surface area contributed by atoms with Crippen LogP contribution in [0.4, 0.5) is 5.69 Å². The molecule has 0 saturated carbocycles. The Morgan fingerprint density at radius 3 is 2.38 bits per heavy atom. The van der Waals surface area contributed by atoms with Gasteiger partial charge in [0.15, 0.2) is 0 Å². The maximum Gasteiger partial charge on any atom is 0.249 e. The van der Waals surface area contributed by atoms with Crippen LogP contribution in [0.5, 0.6) is 5.75 Å². The van der Waals surface area contributed by atoms with Gasteiger partial charge in [0.05, 0.1) is 29.9 Å². The molecule has 1 N–H and O–H groups in total. The highest BCUT2D eigenvalue weighted by molar-refractivity contribution is 6.02. The van der Waals surface area contributed by atoms with Crippen LogP contribution in [0.15, 0.2) is 54.6 Å². The maximum absolute atomic E-state index is 14.2. The SMILES string of the molecule is COc1cccc(CN2C(=O)C(C)(CC(C)C)NC(=O)C23CCN(c2c(C)nn(-c4ccccc4)c2C)CC3)c1. The number of hydrogen-bond acceptors (Lipinski definition) is 5. The van der Waals surface area contributed by atoms with Crippen molar-refractivity contribution in [3.63, 3.8) is 0 Å². The zero-order valence-corrected chi connectivity index (χ0v) is 24.5. The smallest absolute Gasteiger partial charge is 0.249 e. The van der Waals surface area contributed by atoms with E-state index >= 15 is 0 Å². The molecule has 5 rings (SSSR count). The second-order valence-electron chi connectivity index (χ2n) is 11.9. The van der Waals surface area contributed by atoms with Crippen LogP contribution in [-0.4, -0.2) is 57.8 Å². The van der Waals surface area contributed by atoms with Gasteiger partial charge in [0.25, 0.3) is 0 Å². The van der Waals surface area contributed by atoms with Gasteiger partial charge in [-0.15, -0.1) is 0 Å². The molecule has 212 valence electrons. The monoisotopic (exact) mass is 543 g/mol. The summed E-state index contributed by atoms with van der Waals surface area (Å²) in [7, 11) is 1.64. The lowest BCUT2D eigenvalue weighted by molar-refractivity contribution is -0.166. The minimum atomic E-state index is -0.934. The summed E-state index contributed by atoms with van der Waals surface area (Å²) in [4.78, 5) is 32.5. The molecule has 0 bridgehead atoms. The first kappa shape index (κ1) is 27.7. The third-order valence-corrected chi connectivity index (χ3v) is 8.50. The summed E-state index contributed by atoms with van der Waals surface area (Å²) >= 11 is 0. The minimum absolute atomic E-state index is 0.0127. The van der Waals surface area contributed by atoms with Crippen molar-refractivity contribution in [1.29, 1.82) is 0 Å². The first-order valence-corrected chi connectivity index (χ1v) is 14.2. The molecule has 1 spiro atoms. The van der Waals surface area contributed by atoms with E-state index in [4.69, 9.17) is 9.84 Å². The normalized spacial score (nSPS) is 20.8. The lowest BCUT2D eigenvalue weighted by Crippen LogP contribution is -2.76. The topological polar surface area (TPSA) is 79.7 Å². The highest BCUT2D eigenvalue weighted by Crippen LogP contribution is 2.40. The molecule has 3 heterocycles. The fraction of sp³-hybridized carbons (Fsp3) is 0.469. The molecule has 2 saturated heterocycles. The maximum atomic E-state index is 14.2. The number of para-hydroxylation sites is 1. The van der Waals surface area contributed by atoms with E-state index in [-0.39, 0.29) is 17.7 Å². The van der Waals surface area contributed by atoms with Crippen molar-refractivity contribution in [1.82, 2.24) is 20.0 Å². The van der Waals surface area contributed by atoms with Gasteiger partial charge < -0.3 is 19.9 Å². The molecule has 0 aliphatic carbocycles. The third-order valence-electron chi connectivity index (χ3n) is 8.50. The number of piperazine rings is 1. The molecule has 2 aromatic carbocycles. The fourth-order valence-corrected chi connectivity index (χ4v) is 6.68. The van der Waals surface area contributed by atoms with Gasteiger partial charge in [0, 0.05) is 19.6 Å². The Hall–Kier alpha value is -3.81. The summed E-state index contributed by atoms with van der Waals surface area (Å²) in [6, 6.07) is 17.9. The van der Waals surface area contributed by atoms with Crippen LogP contribution in [0.1, 0.15) is 57.0 Å². The molecule has 40 heavy (non-hydrogen) atoms.